The molecule has 0 atom stereocenters. The van der Waals surface area contributed by atoms with Crippen molar-refractivity contribution in [2.45, 2.75) is 0 Å². The third-order valence-corrected chi connectivity index (χ3v) is 3.76. The van der Waals surface area contributed by atoms with E-state index in [-0.39, 0.29) is 11.7 Å². The number of carbonyl (C=O) groups is 1. The lowest BCUT2D eigenvalue weighted by Crippen LogP contribution is -2.19. The van der Waals surface area contributed by atoms with Crippen molar-refractivity contribution in [3.8, 4) is 5.75 Å². The van der Waals surface area contributed by atoms with Gasteiger partial charge in [0.15, 0.2) is 5.17 Å². The highest BCUT2D eigenvalue weighted by Gasteiger charge is 2.23. The van der Waals surface area contributed by atoms with Gasteiger partial charge in [0, 0.05) is 0 Å². The summed E-state index contributed by atoms with van der Waals surface area (Å²) in [5, 5.41) is 12.9. The molecule has 0 saturated carbocycles. The lowest BCUT2D eigenvalue weighted by Gasteiger charge is -1.98. The number of thioether (sulfide) groups is 1. The Hall–Kier alpha value is -2.53. The molecule has 21 heavy (non-hydrogen) atoms. The second kappa shape index (κ2) is 5.85. The molecular weight excluding hydrogens is 284 g/mol. The third-order valence-electron chi connectivity index (χ3n) is 2.85. The van der Waals surface area contributed by atoms with E-state index < -0.39 is 0 Å². The Labute approximate surface area is 126 Å². The predicted molar refractivity (Wildman–Crippen MR) is 85.4 cm³/mol. The van der Waals surface area contributed by atoms with Crippen LogP contribution in [0.3, 0.4) is 0 Å². The van der Waals surface area contributed by atoms with Crippen LogP contribution in [0.25, 0.3) is 6.08 Å². The molecule has 0 radical (unpaired) electrons. The van der Waals surface area contributed by atoms with Gasteiger partial charge in [-0.15, -0.1) is 0 Å². The molecule has 2 N–H and O–H groups in total. The van der Waals surface area contributed by atoms with Gasteiger partial charge in [-0.1, -0.05) is 42.5 Å². The number of phenolic OH excluding ortho intramolecular Hbond substituents is 1. The topological polar surface area (TPSA) is 61.7 Å². The fourth-order valence-corrected chi connectivity index (χ4v) is 2.68. The summed E-state index contributed by atoms with van der Waals surface area (Å²) in [5.74, 6) is -0.0987. The maximum Gasteiger partial charge on any atom is 0.264 e. The average molecular weight is 296 g/mol. The second-order valence-corrected chi connectivity index (χ2v) is 5.41. The Morgan fingerprint density at radius 2 is 1.76 bits per heavy atom. The van der Waals surface area contributed by atoms with Crippen molar-refractivity contribution in [1.29, 1.82) is 0 Å². The summed E-state index contributed by atoms with van der Waals surface area (Å²) >= 11 is 1.26. The maximum absolute atomic E-state index is 11.9. The van der Waals surface area contributed by atoms with Gasteiger partial charge in [-0.2, -0.15) is 0 Å². The number of nitrogens with one attached hydrogen (secondary N) is 1. The lowest BCUT2D eigenvalue weighted by molar-refractivity contribution is -0.115. The van der Waals surface area contributed by atoms with E-state index in [0.29, 0.717) is 15.8 Å². The first kappa shape index (κ1) is 13.5. The molecule has 1 fully saturated rings. The van der Waals surface area contributed by atoms with Gasteiger partial charge < -0.3 is 10.4 Å². The van der Waals surface area contributed by atoms with Crippen LogP contribution in [0.1, 0.15) is 5.56 Å². The molecule has 3 rings (SSSR count). The number of nitrogens with zero attached hydrogens (tertiary/aromatic N) is 1. The quantitative estimate of drug-likeness (QED) is 0.836. The number of amidine groups is 1. The van der Waals surface area contributed by atoms with Gasteiger partial charge in [-0.05, 0) is 35.5 Å². The van der Waals surface area contributed by atoms with E-state index >= 15 is 0 Å². The Bertz CT molecular complexity index is 739. The molecule has 1 amide bonds. The van der Waals surface area contributed by atoms with E-state index in [9.17, 15) is 9.90 Å². The van der Waals surface area contributed by atoms with E-state index in [1.807, 2.05) is 36.4 Å². The average Bonchev–Trinajstić information content (AvgIpc) is 2.82. The third kappa shape index (κ3) is 3.14. The van der Waals surface area contributed by atoms with Crippen LogP contribution in [0.4, 0.5) is 5.69 Å². The fourth-order valence-electron chi connectivity index (χ4n) is 1.85. The molecule has 104 valence electrons. The number of carbonyl (C=O) groups excluding carboxylic acids is 1. The van der Waals surface area contributed by atoms with Crippen molar-refractivity contribution in [1.82, 2.24) is 5.32 Å². The largest absolute Gasteiger partial charge is 0.506 e. The van der Waals surface area contributed by atoms with Crippen molar-refractivity contribution in [3.05, 3.63) is 65.1 Å². The van der Waals surface area contributed by atoms with Gasteiger partial charge >= 0.3 is 0 Å². The van der Waals surface area contributed by atoms with Gasteiger partial charge in [0.2, 0.25) is 0 Å². The molecule has 4 nitrogen and oxygen atoms in total. The van der Waals surface area contributed by atoms with Crippen molar-refractivity contribution in [2.75, 3.05) is 0 Å². The molecule has 1 aliphatic heterocycles. The Morgan fingerprint density at radius 1 is 1.05 bits per heavy atom. The minimum absolute atomic E-state index is 0.0836. The van der Waals surface area contributed by atoms with Crippen LogP contribution in [-0.4, -0.2) is 16.2 Å². The van der Waals surface area contributed by atoms with E-state index in [1.165, 1.54) is 11.8 Å². The summed E-state index contributed by atoms with van der Waals surface area (Å²) in [6, 6.07) is 16.4. The highest BCUT2D eigenvalue weighted by molar-refractivity contribution is 8.18. The highest BCUT2D eigenvalue weighted by atomic mass is 32.2. The zero-order valence-electron chi connectivity index (χ0n) is 11.0. The first-order valence-corrected chi connectivity index (χ1v) is 7.17. The molecule has 2 aromatic carbocycles. The molecule has 0 spiro atoms. The van der Waals surface area contributed by atoms with Crippen LogP contribution in [0.15, 0.2) is 64.5 Å². The van der Waals surface area contributed by atoms with Crippen molar-refractivity contribution in [3.63, 3.8) is 0 Å². The second-order valence-electron chi connectivity index (χ2n) is 4.38. The summed E-state index contributed by atoms with van der Waals surface area (Å²) in [4.78, 5) is 16.8. The summed E-state index contributed by atoms with van der Waals surface area (Å²) in [6.07, 6.45) is 1.81. The predicted octanol–water partition coefficient (Wildman–Crippen LogP) is 3.28. The minimum Gasteiger partial charge on any atom is -0.506 e. The van der Waals surface area contributed by atoms with Crippen molar-refractivity contribution >= 4 is 34.6 Å². The summed E-state index contributed by atoms with van der Waals surface area (Å²) in [7, 11) is 0. The number of benzene rings is 2. The molecule has 0 aliphatic carbocycles. The number of aliphatic imine (C=N–C) groups is 1. The molecule has 2 aromatic rings. The van der Waals surface area contributed by atoms with Gasteiger partial charge in [-0.25, -0.2) is 4.99 Å². The zero-order valence-corrected chi connectivity index (χ0v) is 11.8. The summed E-state index contributed by atoms with van der Waals surface area (Å²) < 4.78 is 0. The molecule has 0 aromatic heterocycles. The number of rotatable bonds is 2. The first-order valence-electron chi connectivity index (χ1n) is 6.35. The fraction of sp³-hybridized carbons (Fsp3) is 0. The van der Waals surface area contributed by atoms with Crippen LogP contribution in [-0.2, 0) is 4.79 Å². The molecular formula is C16H12N2O2S. The van der Waals surface area contributed by atoms with Gasteiger partial charge in [0.1, 0.15) is 11.4 Å². The Balaban J connectivity index is 1.85. The number of para-hydroxylation sites is 2. The molecule has 1 aliphatic rings. The Kier molecular flexibility index (Phi) is 3.75. The van der Waals surface area contributed by atoms with E-state index in [2.05, 4.69) is 10.3 Å². The standard InChI is InChI=1S/C16H12N2O2S/c19-13-9-5-4-8-12(13)17-16-18-15(20)14(21-16)10-11-6-2-1-3-7-11/h1-10,19H,(H,17,18,20). The van der Waals surface area contributed by atoms with Gasteiger partial charge in [0.05, 0.1) is 4.91 Å². The molecule has 0 unspecified atom stereocenters. The lowest BCUT2D eigenvalue weighted by atomic mass is 10.2. The van der Waals surface area contributed by atoms with Crippen molar-refractivity contribution in [2.24, 2.45) is 4.99 Å². The summed E-state index contributed by atoms with van der Waals surface area (Å²) in [6.45, 7) is 0. The van der Waals surface area contributed by atoms with Crippen LogP contribution in [0, 0.1) is 0 Å². The van der Waals surface area contributed by atoms with Crippen LogP contribution in [0.2, 0.25) is 0 Å². The van der Waals surface area contributed by atoms with Crippen molar-refractivity contribution < 1.29 is 9.90 Å². The number of amides is 1. The molecule has 1 heterocycles. The van der Waals surface area contributed by atoms with Crippen LogP contribution in [0.5, 0.6) is 5.75 Å². The number of hydrogen-bond donors (Lipinski definition) is 2. The maximum atomic E-state index is 11.9. The number of phenols is 1. The molecule has 0 bridgehead atoms. The monoisotopic (exact) mass is 296 g/mol. The van der Waals surface area contributed by atoms with E-state index in [0.717, 1.165) is 5.56 Å². The summed E-state index contributed by atoms with van der Waals surface area (Å²) in [5.41, 5.74) is 1.39. The highest BCUT2D eigenvalue weighted by Crippen LogP contribution is 2.31. The zero-order chi connectivity index (χ0) is 14.7. The molecule has 1 saturated heterocycles. The smallest absolute Gasteiger partial charge is 0.264 e. The number of aromatic hydroxyl groups is 1. The molecule has 5 heteroatoms. The number of hydrogen-bond acceptors (Lipinski definition) is 4. The first-order chi connectivity index (χ1) is 10.2. The SMILES string of the molecule is O=C1NC(=Nc2ccccc2O)SC1=Cc1ccccc1. The Morgan fingerprint density at radius 3 is 2.52 bits per heavy atom. The van der Waals surface area contributed by atoms with E-state index in [1.54, 1.807) is 24.3 Å². The van der Waals surface area contributed by atoms with Gasteiger partial charge in [0.25, 0.3) is 5.91 Å². The normalized spacial score (nSPS) is 18.2. The minimum atomic E-state index is -0.182. The van der Waals surface area contributed by atoms with Crippen LogP contribution >= 0.6 is 11.8 Å². The van der Waals surface area contributed by atoms with Crippen LogP contribution < -0.4 is 5.32 Å². The van der Waals surface area contributed by atoms with E-state index in [4.69, 9.17) is 0 Å². The van der Waals surface area contributed by atoms with Gasteiger partial charge in [-0.3, -0.25) is 4.79 Å².